The van der Waals surface area contributed by atoms with E-state index in [4.69, 9.17) is 4.74 Å². The van der Waals surface area contributed by atoms with E-state index in [1.807, 2.05) is 37.4 Å². The molecule has 0 aromatic heterocycles. The maximum absolute atomic E-state index is 12.0. The highest BCUT2D eigenvalue weighted by atomic mass is 32.2. The summed E-state index contributed by atoms with van der Waals surface area (Å²) in [5, 5.41) is 0. The molecule has 0 aliphatic heterocycles. The molecular formula is C13H19NO2S. The second kappa shape index (κ2) is 6.67. The van der Waals surface area contributed by atoms with E-state index in [9.17, 15) is 4.79 Å². The number of ether oxygens (including phenoxy) is 1. The first kappa shape index (κ1) is 14.1. The third-order valence-corrected chi connectivity index (χ3v) is 3.26. The molecule has 0 aliphatic rings. The number of carbonyl (C=O) groups excluding carboxylic acids is 1. The fourth-order valence-corrected chi connectivity index (χ4v) is 1.99. The number of hydrogen-bond acceptors (Lipinski definition) is 3. The van der Waals surface area contributed by atoms with Crippen molar-refractivity contribution in [1.82, 2.24) is 0 Å². The molecule has 1 rings (SSSR count). The summed E-state index contributed by atoms with van der Waals surface area (Å²) in [4.78, 5) is 14.8. The Balaban J connectivity index is 2.80. The Morgan fingerprint density at radius 1 is 1.53 bits per heavy atom. The number of hydrogen-bond donors (Lipinski definition) is 0. The summed E-state index contributed by atoms with van der Waals surface area (Å²) in [6.45, 7) is 4.21. The average molecular weight is 253 g/mol. The second-order valence-electron chi connectivity index (χ2n) is 3.70. The van der Waals surface area contributed by atoms with Crippen molar-refractivity contribution in [1.29, 1.82) is 0 Å². The zero-order valence-electron chi connectivity index (χ0n) is 10.8. The topological polar surface area (TPSA) is 29.5 Å². The molecule has 0 N–H and O–H groups in total. The number of amides is 1. The Kier molecular flexibility index (Phi) is 5.51. The summed E-state index contributed by atoms with van der Waals surface area (Å²) in [5.74, 6) is -0.0231. The lowest BCUT2D eigenvalue weighted by Crippen LogP contribution is -2.36. The molecule has 0 fully saturated rings. The van der Waals surface area contributed by atoms with Crippen molar-refractivity contribution in [2.24, 2.45) is 0 Å². The van der Waals surface area contributed by atoms with Gasteiger partial charge in [0.25, 0.3) is 5.91 Å². The summed E-state index contributed by atoms with van der Waals surface area (Å²) in [5.41, 5.74) is 0.897. The second-order valence-corrected chi connectivity index (χ2v) is 4.58. The SMILES string of the molecule is CCOC(C)C(=O)N(C)c1cccc(SC)c1. The van der Waals surface area contributed by atoms with Crippen LogP contribution in [0.15, 0.2) is 29.2 Å². The van der Waals surface area contributed by atoms with E-state index < -0.39 is 6.10 Å². The van der Waals surface area contributed by atoms with E-state index in [0.29, 0.717) is 6.61 Å². The molecule has 0 heterocycles. The molecule has 1 atom stereocenters. The van der Waals surface area contributed by atoms with E-state index in [2.05, 4.69) is 0 Å². The van der Waals surface area contributed by atoms with Crippen LogP contribution in [0.2, 0.25) is 0 Å². The molecule has 1 aromatic rings. The van der Waals surface area contributed by atoms with Crippen molar-refractivity contribution in [3.05, 3.63) is 24.3 Å². The van der Waals surface area contributed by atoms with E-state index in [0.717, 1.165) is 10.6 Å². The molecule has 1 amide bonds. The maximum Gasteiger partial charge on any atom is 0.255 e. The number of anilines is 1. The predicted molar refractivity (Wildman–Crippen MR) is 72.7 cm³/mol. The summed E-state index contributed by atoms with van der Waals surface area (Å²) >= 11 is 1.66. The molecular weight excluding hydrogens is 234 g/mol. The molecule has 1 unspecified atom stereocenters. The van der Waals surface area contributed by atoms with Crippen molar-refractivity contribution in [3.8, 4) is 0 Å². The zero-order valence-corrected chi connectivity index (χ0v) is 11.6. The van der Waals surface area contributed by atoms with Gasteiger partial charge in [0.05, 0.1) is 0 Å². The Labute approximate surface area is 107 Å². The number of carbonyl (C=O) groups is 1. The number of rotatable bonds is 5. The van der Waals surface area contributed by atoms with Crippen LogP contribution in [0, 0.1) is 0 Å². The van der Waals surface area contributed by atoms with Crippen LogP contribution >= 0.6 is 11.8 Å². The van der Waals surface area contributed by atoms with Crippen LogP contribution in [0.3, 0.4) is 0 Å². The van der Waals surface area contributed by atoms with E-state index in [-0.39, 0.29) is 5.91 Å². The monoisotopic (exact) mass is 253 g/mol. The molecule has 0 bridgehead atoms. The van der Waals surface area contributed by atoms with Gasteiger partial charge in [-0.3, -0.25) is 4.79 Å². The van der Waals surface area contributed by atoms with Crippen molar-refractivity contribution in [2.45, 2.75) is 24.8 Å². The molecule has 3 nitrogen and oxygen atoms in total. The minimum Gasteiger partial charge on any atom is -0.369 e. The standard InChI is InChI=1S/C13H19NO2S/c1-5-16-10(2)13(15)14(3)11-7-6-8-12(9-11)17-4/h6-10H,5H2,1-4H3. The van der Waals surface area contributed by atoms with Crippen LogP contribution in [0.5, 0.6) is 0 Å². The van der Waals surface area contributed by atoms with Gasteiger partial charge in [0.1, 0.15) is 6.10 Å². The molecule has 4 heteroatoms. The maximum atomic E-state index is 12.0. The van der Waals surface area contributed by atoms with Gasteiger partial charge in [-0.05, 0) is 38.3 Å². The fourth-order valence-electron chi connectivity index (χ4n) is 1.54. The quantitative estimate of drug-likeness (QED) is 0.756. The van der Waals surface area contributed by atoms with Crippen LogP contribution in [0.1, 0.15) is 13.8 Å². The average Bonchev–Trinajstić information content (AvgIpc) is 2.37. The molecule has 1 aromatic carbocycles. The smallest absolute Gasteiger partial charge is 0.255 e. The van der Waals surface area contributed by atoms with Gasteiger partial charge in [-0.25, -0.2) is 0 Å². The third-order valence-electron chi connectivity index (χ3n) is 2.54. The Morgan fingerprint density at radius 3 is 2.82 bits per heavy atom. The van der Waals surface area contributed by atoms with Gasteiger partial charge in [-0.2, -0.15) is 0 Å². The lowest BCUT2D eigenvalue weighted by atomic mass is 10.2. The number of likely N-dealkylation sites (N-methyl/N-ethyl adjacent to an activating group) is 1. The molecule has 94 valence electrons. The third kappa shape index (κ3) is 3.75. The molecule has 0 saturated heterocycles. The summed E-state index contributed by atoms with van der Waals surface area (Å²) in [6.07, 6.45) is 1.62. The largest absolute Gasteiger partial charge is 0.369 e. The summed E-state index contributed by atoms with van der Waals surface area (Å²) in [6, 6.07) is 7.91. The fraction of sp³-hybridized carbons (Fsp3) is 0.462. The van der Waals surface area contributed by atoms with Gasteiger partial charge in [-0.1, -0.05) is 6.07 Å². The minimum absolute atomic E-state index is 0.0231. The van der Waals surface area contributed by atoms with Gasteiger partial charge >= 0.3 is 0 Å². The van der Waals surface area contributed by atoms with Gasteiger partial charge < -0.3 is 9.64 Å². The van der Waals surface area contributed by atoms with E-state index >= 15 is 0 Å². The van der Waals surface area contributed by atoms with E-state index in [1.54, 1.807) is 30.6 Å². The number of thioether (sulfide) groups is 1. The number of benzene rings is 1. The van der Waals surface area contributed by atoms with Crippen molar-refractivity contribution in [3.63, 3.8) is 0 Å². The molecule has 0 saturated carbocycles. The van der Waals surface area contributed by atoms with Gasteiger partial charge in [0, 0.05) is 24.2 Å². The lowest BCUT2D eigenvalue weighted by Gasteiger charge is -2.21. The lowest BCUT2D eigenvalue weighted by molar-refractivity contribution is -0.128. The molecule has 0 radical (unpaired) electrons. The van der Waals surface area contributed by atoms with Crippen LogP contribution in [-0.2, 0) is 9.53 Å². The number of nitrogens with zero attached hydrogens (tertiary/aromatic N) is 1. The first-order chi connectivity index (χ1) is 8.10. The van der Waals surface area contributed by atoms with Crippen LogP contribution < -0.4 is 4.90 Å². The van der Waals surface area contributed by atoms with Gasteiger partial charge in [0.15, 0.2) is 0 Å². The normalized spacial score (nSPS) is 12.2. The van der Waals surface area contributed by atoms with Crippen LogP contribution in [-0.4, -0.2) is 31.9 Å². The molecule has 0 spiro atoms. The first-order valence-electron chi connectivity index (χ1n) is 5.63. The highest BCUT2D eigenvalue weighted by Gasteiger charge is 2.18. The summed E-state index contributed by atoms with van der Waals surface area (Å²) < 4.78 is 5.31. The predicted octanol–water partition coefficient (Wildman–Crippen LogP) is 2.80. The highest BCUT2D eigenvalue weighted by molar-refractivity contribution is 7.98. The minimum atomic E-state index is -0.400. The van der Waals surface area contributed by atoms with E-state index in [1.165, 1.54) is 0 Å². The van der Waals surface area contributed by atoms with Crippen LogP contribution in [0.4, 0.5) is 5.69 Å². The first-order valence-corrected chi connectivity index (χ1v) is 6.85. The van der Waals surface area contributed by atoms with Crippen molar-refractivity contribution >= 4 is 23.4 Å². The van der Waals surface area contributed by atoms with Crippen molar-refractivity contribution in [2.75, 3.05) is 24.8 Å². The summed E-state index contributed by atoms with van der Waals surface area (Å²) in [7, 11) is 1.78. The zero-order chi connectivity index (χ0) is 12.8. The van der Waals surface area contributed by atoms with Crippen molar-refractivity contribution < 1.29 is 9.53 Å². The van der Waals surface area contributed by atoms with Gasteiger partial charge in [0.2, 0.25) is 0 Å². The Bertz CT molecular complexity index is 381. The van der Waals surface area contributed by atoms with Crippen LogP contribution in [0.25, 0.3) is 0 Å². The Morgan fingerprint density at radius 2 is 2.24 bits per heavy atom. The van der Waals surface area contributed by atoms with Gasteiger partial charge in [-0.15, -0.1) is 11.8 Å². The molecule has 17 heavy (non-hydrogen) atoms. The Hall–Kier alpha value is -1.00. The highest BCUT2D eigenvalue weighted by Crippen LogP contribution is 2.22. The molecule has 0 aliphatic carbocycles.